The maximum atomic E-state index is 10.3. The van der Waals surface area contributed by atoms with Gasteiger partial charge in [-0.25, -0.2) is 0 Å². The zero-order chi connectivity index (χ0) is 9.23. The first kappa shape index (κ1) is 10.8. The first-order chi connectivity index (χ1) is 5.77. The summed E-state index contributed by atoms with van der Waals surface area (Å²) in [6, 6.07) is 0. The Hall–Kier alpha value is -1.17. The molecular weight excluding hydrogens is 156 g/mol. The molecule has 3 nitrogen and oxygen atoms in total. The van der Waals surface area contributed by atoms with E-state index in [0.29, 0.717) is 13.2 Å². The Labute approximate surface area is 73.0 Å². The van der Waals surface area contributed by atoms with Gasteiger partial charge in [0.1, 0.15) is 12.7 Å². The summed E-state index contributed by atoms with van der Waals surface area (Å²) in [7, 11) is 0. The van der Waals surface area contributed by atoms with E-state index in [0.717, 1.165) is 12.8 Å². The van der Waals surface area contributed by atoms with Gasteiger partial charge >= 0.3 is 5.97 Å². The Morgan fingerprint density at radius 3 is 2.58 bits per heavy atom. The SMILES string of the molecule is CC#COCCCCOC(C)=O. The fraction of sp³-hybridized carbons (Fsp3) is 0.667. The van der Waals surface area contributed by atoms with E-state index in [1.165, 1.54) is 6.92 Å². The predicted molar refractivity (Wildman–Crippen MR) is 45.3 cm³/mol. The highest BCUT2D eigenvalue weighted by Gasteiger charge is 1.92. The van der Waals surface area contributed by atoms with Crippen LogP contribution in [0.5, 0.6) is 0 Å². The molecule has 0 heterocycles. The number of hydrogen-bond acceptors (Lipinski definition) is 3. The van der Waals surface area contributed by atoms with Crippen molar-refractivity contribution in [3.05, 3.63) is 0 Å². The number of rotatable bonds is 5. The van der Waals surface area contributed by atoms with Gasteiger partial charge in [-0.2, -0.15) is 0 Å². The van der Waals surface area contributed by atoms with Crippen LogP contribution in [0.2, 0.25) is 0 Å². The van der Waals surface area contributed by atoms with Crippen molar-refractivity contribution in [1.82, 2.24) is 0 Å². The van der Waals surface area contributed by atoms with Crippen LogP contribution >= 0.6 is 0 Å². The fourth-order valence-electron chi connectivity index (χ4n) is 0.615. The summed E-state index contributed by atoms with van der Waals surface area (Å²) in [5.74, 6) is 2.39. The molecule has 0 aromatic heterocycles. The number of unbranched alkanes of at least 4 members (excludes halogenated alkanes) is 1. The lowest BCUT2D eigenvalue weighted by atomic mass is 10.3. The van der Waals surface area contributed by atoms with Crippen molar-refractivity contribution in [3.8, 4) is 12.0 Å². The Balaban J connectivity index is 2.99. The normalized spacial score (nSPS) is 8.17. The third kappa shape index (κ3) is 8.83. The molecule has 0 bridgehead atoms. The molecule has 68 valence electrons. The molecule has 0 aliphatic rings. The molecule has 0 unspecified atom stereocenters. The summed E-state index contributed by atoms with van der Waals surface area (Å²) in [6.07, 6.45) is 4.18. The van der Waals surface area contributed by atoms with Gasteiger partial charge in [0.2, 0.25) is 0 Å². The van der Waals surface area contributed by atoms with E-state index in [1.54, 1.807) is 6.92 Å². The molecule has 0 rings (SSSR count). The van der Waals surface area contributed by atoms with Crippen molar-refractivity contribution >= 4 is 5.97 Å². The second kappa shape index (κ2) is 7.93. The Morgan fingerprint density at radius 2 is 2.00 bits per heavy atom. The average Bonchev–Trinajstić information content (AvgIpc) is 2.02. The van der Waals surface area contributed by atoms with Gasteiger partial charge in [-0.05, 0) is 12.8 Å². The molecule has 12 heavy (non-hydrogen) atoms. The summed E-state index contributed by atoms with van der Waals surface area (Å²) in [5.41, 5.74) is 0. The lowest BCUT2D eigenvalue weighted by Crippen LogP contribution is -2.01. The van der Waals surface area contributed by atoms with Gasteiger partial charge in [-0.3, -0.25) is 4.79 Å². The highest BCUT2D eigenvalue weighted by Crippen LogP contribution is 1.90. The largest absolute Gasteiger partial charge is 0.466 e. The van der Waals surface area contributed by atoms with E-state index >= 15 is 0 Å². The van der Waals surface area contributed by atoms with E-state index in [9.17, 15) is 4.79 Å². The van der Waals surface area contributed by atoms with Crippen molar-refractivity contribution in [1.29, 1.82) is 0 Å². The molecule has 0 spiro atoms. The fourth-order valence-corrected chi connectivity index (χ4v) is 0.615. The minimum Gasteiger partial charge on any atom is -0.466 e. The Bertz CT molecular complexity index is 176. The number of carbonyl (C=O) groups is 1. The molecule has 0 N–H and O–H groups in total. The highest BCUT2D eigenvalue weighted by atomic mass is 16.5. The van der Waals surface area contributed by atoms with E-state index in [2.05, 4.69) is 12.0 Å². The molecule has 3 heteroatoms. The van der Waals surface area contributed by atoms with Crippen molar-refractivity contribution < 1.29 is 14.3 Å². The van der Waals surface area contributed by atoms with Crippen LogP contribution in [0.4, 0.5) is 0 Å². The topological polar surface area (TPSA) is 35.5 Å². The first-order valence-electron chi connectivity index (χ1n) is 3.94. The smallest absolute Gasteiger partial charge is 0.302 e. The van der Waals surface area contributed by atoms with Crippen LogP contribution in [0.15, 0.2) is 0 Å². The molecule has 0 aliphatic carbocycles. The standard InChI is InChI=1S/C9H14O3/c1-3-6-11-7-4-5-8-12-9(2)10/h4-5,7-8H2,1-2H3. The second-order valence-corrected chi connectivity index (χ2v) is 2.25. The van der Waals surface area contributed by atoms with E-state index in [1.807, 2.05) is 0 Å². The Kier molecular flexibility index (Phi) is 7.16. The van der Waals surface area contributed by atoms with Gasteiger partial charge in [-0.15, -0.1) is 0 Å². The molecule has 0 fully saturated rings. The molecule has 0 aliphatic heterocycles. The van der Waals surface area contributed by atoms with Crippen LogP contribution in [0.25, 0.3) is 0 Å². The van der Waals surface area contributed by atoms with Crippen LogP contribution in [0.3, 0.4) is 0 Å². The zero-order valence-electron chi connectivity index (χ0n) is 7.55. The average molecular weight is 170 g/mol. The van der Waals surface area contributed by atoms with Crippen LogP contribution in [0, 0.1) is 12.0 Å². The van der Waals surface area contributed by atoms with Crippen LogP contribution in [-0.4, -0.2) is 19.2 Å². The lowest BCUT2D eigenvalue weighted by Gasteiger charge is -2.00. The molecular formula is C9H14O3. The predicted octanol–water partition coefficient (Wildman–Crippen LogP) is 1.33. The summed E-state index contributed by atoms with van der Waals surface area (Å²) in [5, 5.41) is 0. The van der Waals surface area contributed by atoms with Gasteiger partial charge in [0.15, 0.2) is 0 Å². The number of ether oxygens (including phenoxy) is 2. The molecule has 0 aromatic carbocycles. The second-order valence-electron chi connectivity index (χ2n) is 2.25. The van der Waals surface area contributed by atoms with Crippen molar-refractivity contribution in [2.75, 3.05) is 13.2 Å². The molecule has 0 atom stereocenters. The van der Waals surface area contributed by atoms with Gasteiger partial charge < -0.3 is 9.47 Å². The zero-order valence-corrected chi connectivity index (χ0v) is 7.55. The monoisotopic (exact) mass is 170 g/mol. The molecule has 0 radical (unpaired) electrons. The van der Waals surface area contributed by atoms with Crippen molar-refractivity contribution in [2.45, 2.75) is 26.7 Å². The Morgan fingerprint density at radius 1 is 1.33 bits per heavy atom. The molecule has 0 saturated heterocycles. The first-order valence-corrected chi connectivity index (χ1v) is 3.94. The third-order valence-electron chi connectivity index (χ3n) is 1.12. The van der Waals surface area contributed by atoms with Crippen molar-refractivity contribution in [2.24, 2.45) is 0 Å². The van der Waals surface area contributed by atoms with E-state index in [4.69, 9.17) is 9.47 Å². The summed E-state index contributed by atoms with van der Waals surface area (Å²) < 4.78 is 9.61. The number of carbonyl (C=O) groups excluding carboxylic acids is 1. The molecule has 0 amide bonds. The summed E-state index contributed by atoms with van der Waals surface area (Å²) in [6.45, 7) is 4.19. The summed E-state index contributed by atoms with van der Waals surface area (Å²) in [4.78, 5) is 10.3. The lowest BCUT2D eigenvalue weighted by molar-refractivity contribution is -0.141. The summed E-state index contributed by atoms with van der Waals surface area (Å²) >= 11 is 0. The maximum absolute atomic E-state index is 10.3. The van der Waals surface area contributed by atoms with Gasteiger partial charge in [0, 0.05) is 13.8 Å². The number of esters is 1. The maximum Gasteiger partial charge on any atom is 0.302 e. The number of hydrogen-bond donors (Lipinski definition) is 0. The molecule has 0 aromatic rings. The van der Waals surface area contributed by atoms with Gasteiger partial charge in [-0.1, -0.05) is 5.92 Å². The minimum absolute atomic E-state index is 0.232. The van der Waals surface area contributed by atoms with Crippen LogP contribution in [0.1, 0.15) is 26.7 Å². The minimum atomic E-state index is -0.232. The molecule has 0 saturated carbocycles. The third-order valence-corrected chi connectivity index (χ3v) is 1.12. The quantitative estimate of drug-likeness (QED) is 0.354. The van der Waals surface area contributed by atoms with E-state index in [-0.39, 0.29) is 5.97 Å². The van der Waals surface area contributed by atoms with Crippen LogP contribution in [-0.2, 0) is 14.3 Å². The van der Waals surface area contributed by atoms with Crippen molar-refractivity contribution in [3.63, 3.8) is 0 Å². The van der Waals surface area contributed by atoms with Crippen LogP contribution < -0.4 is 0 Å². The highest BCUT2D eigenvalue weighted by molar-refractivity contribution is 5.65. The van der Waals surface area contributed by atoms with Gasteiger partial charge in [0.05, 0.1) is 6.61 Å². The van der Waals surface area contributed by atoms with Gasteiger partial charge in [0.25, 0.3) is 0 Å². The van der Waals surface area contributed by atoms with E-state index < -0.39 is 0 Å².